The normalized spacial score (nSPS) is 26.1. The molecule has 27 heavy (non-hydrogen) atoms. The summed E-state index contributed by atoms with van der Waals surface area (Å²) in [5.74, 6) is -0.105. The van der Waals surface area contributed by atoms with E-state index < -0.39 is 23.3 Å². The second-order valence-corrected chi connectivity index (χ2v) is 7.63. The van der Waals surface area contributed by atoms with E-state index in [1.54, 1.807) is 11.9 Å². The number of urea groups is 1. The number of hydrogen-bond acceptors (Lipinski definition) is 3. The minimum Gasteiger partial charge on any atom is -0.323 e. The summed E-state index contributed by atoms with van der Waals surface area (Å²) < 4.78 is 37.9. The first-order valence-electron chi connectivity index (χ1n) is 9.12. The fraction of sp³-hybridized carbons (Fsp3) is 0.579. The summed E-state index contributed by atoms with van der Waals surface area (Å²) in [7, 11) is 1.73. The number of carbonyl (C=O) groups excluding carboxylic acids is 2. The van der Waals surface area contributed by atoms with Gasteiger partial charge in [-0.25, -0.2) is 9.69 Å². The molecule has 2 aliphatic rings. The molecule has 148 valence electrons. The molecule has 1 heterocycles. The Hall–Kier alpha value is -2.09. The number of carbonyl (C=O) groups is 2. The maximum absolute atomic E-state index is 12.9. The Balaban J connectivity index is 1.64. The molecule has 1 N–H and O–H groups in total. The summed E-state index contributed by atoms with van der Waals surface area (Å²) >= 11 is 0. The molecule has 5 nitrogen and oxygen atoms in total. The molecule has 2 fully saturated rings. The second-order valence-electron chi connectivity index (χ2n) is 7.63. The number of rotatable bonds is 4. The van der Waals surface area contributed by atoms with Gasteiger partial charge >= 0.3 is 12.2 Å². The zero-order valence-electron chi connectivity index (χ0n) is 15.5. The van der Waals surface area contributed by atoms with Crippen molar-refractivity contribution >= 4 is 11.9 Å². The smallest absolute Gasteiger partial charge is 0.323 e. The molecule has 1 spiro atoms. The summed E-state index contributed by atoms with van der Waals surface area (Å²) in [4.78, 5) is 28.3. The first-order chi connectivity index (χ1) is 12.6. The third-order valence-corrected chi connectivity index (χ3v) is 5.62. The summed E-state index contributed by atoms with van der Waals surface area (Å²) in [6.07, 6.45) is -0.847. The van der Waals surface area contributed by atoms with Crippen LogP contribution in [0.3, 0.4) is 0 Å². The zero-order chi connectivity index (χ0) is 19.8. The Labute approximate surface area is 156 Å². The van der Waals surface area contributed by atoms with Crippen LogP contribution in [-0.2, 0) is 17.5 Å². The van der Waals surface area contributed by atoms with Crippen LogP contribution in [0.5, 0.6) is 0 Å². The van der Waals surface area contributed by atoms with Crippen LogP contribution in [0.25, 0.3) is 0 Å². The average Bonchev–Trinajstić information content (AvgIpc) is 2.82. The molecule has 0 bridgehead atoms. The monoisotopic (exact) mass is 383 g/mol. The molecule has 3 rings (SSSR count). The van der Waals surface area contributed by atoms with Gasteiger partial charge in [-0.3, -0.25) is 9.69 Å². The van der Waals surface area contributed by atoms with Gasteiger partial charge in [-0.15, -0.1) is 0 Å². The van der Waals surface area contributed by atoms with Crippen molar-refractivity contribution in [3.63, 3.8) is 0 Å². The van der Waals surface area contributed by atoms with E-state index >= 15 is 0 Å². The predicted octanol–water partition coefficient (Wildman–Crippen LogP) is 3.60. The Morgan fingerprint density at radius 2 is 1.89 bits per heavy atom. The molecule has 0 aromatic heterocycles. The molecule has 2 atom stereocenters. The highest BCUT2D eigenvalue weighted by Crippen LogP contribution is 2.38. The Kier molecular flexibility index (Phi) is 5.20. The maximum atomic E-state index is 12.9. The van der Waals surface area contributed by atoms with E-state index in [0.29, 0.717) is 18.5 Å². The first-order valence-corrected chi connectivity index (χ1v) is 9.12. The molecule has 1 aliphatic carbocycles. The third-order valence-electron chi connectivity index (χ3n) is 5.62. The number of nitrogens with zero attached hydrogens (tertiary/aromatic N) is 2. The molecule has 1 aliphatic heterocycles. The van der Waals surface area contributed by atoms with E-state index in [1.165, 1.54) is 17.0 Å². The van der Waals surface area contributed by atoms with Crippen molar-refractivity contribution in [1.29, 1.82) is 0 Å². The number of amides is 3. The molecule has 1 aromatic carbocycles. The van der Waals surface area contributed by atoms with Crippen LogP contribution in [0.2, 0.25) is 0 Å². The molecule has 1 aromatic rings. The van der Waals surface area contributed by atoms with Crippen LogP contribution in [-0.4, -0.2) is 41.0 Å². The zero-order valence-corrected chi connectivity index (χ0v) is 15.5. The quantitative estimate of drug-likeness (QED) is 0.809. The number of alkyl halides is 3. The molecular weight excluding hydrogens is 359 g/mol. The first kappa shape index (κ1) is 19.7. The summed E-state index contributed by atoms with van der Waals surface area (Å²) in [5.41, 5.74) is -0.820. The lowest BCUT2D eigenvalue weighted by atomic mass is 9.73. The minimum atomic E-state index is -4.37. The number of nitrogens with one attached hydrogen (secondary N) is 1. The molecule has 8 heteroatoms. The molecule has 1 saturated heterocycles. The highest BCUT2D eigenvalue weighted by molar-refractivity contribution is 6.07. The predicted molar refractivity (Wildman–Crippen MR) is 93.5 cm³/mol. The lowest BCUT2D eigenvalue weighted by Gasteiger charge is -2.37. The van der Waals surface area contributed by atoms with Crippen LogP contribution in [0.1, 0.15) is 43.7 Å². The summed E-state index contributed by atoms with van der Waals surface area (Å²) in [5, 5.41) is 2.90. The number of halogens is 3. The maximum Gasteiger partial charge on any atom is 0.416 e. The van der Waals surface area contributed by atoms with Gasteiger partial charge < -0.3 is 5.32 Å². The van der Waals surface area contributed by atoms with Crippen molar-refractivity contribution < 1.29 is 22.8 Å². The average molecular weight is 383 g/mol. The van der Waals surface area contributed by atoms with Gasteiger partial charge in [0.1, 0.15) is 5.54 Å². The lowest BCUT2D eigenvalue weighted by Crippen LogP contribution is -2.54. The van der Waals surface area contributed by atoms with Crippen LogP contribution in [0.4, 0.5) is 18.0 Å². The minimum absolute atomic E-state index is 0.0907. The van der Waals surface area contributed by atoms with Crippen molar-refractivity contribution in [2.75, 3.05) is 13.7 Å². The SMILES string of the molecule is C[C@@H]1CCCC[C@]12NC(=O)N(CN(C)Cc1ccc(C(F)(F)F)cc1)C2=O. The van der Waals surface area contributed by atoms with E-state index in [4.69, 9.17) is 0 Å². The van der Waals surface area contributed by atoms with Gasteiger partial charge in [-0.1, -0.05) is 31.9 Å². The van der Waals surface area contributed by atoms with E-state index in [-0.39, 0.29) is 18.5 Å². The highest BCUT2D eigenvalue weighted by atomic mass is 19.4. The van der Waals surface area contributed by atoms with Gasteiger partial charge in [0.05, 0.1) is 12.2 Å². The van der Waals surface area contributed by atoms with Crippen LogP contribution in [0, 0.1) is 5.92 Å². The van der Waals surface area contributed by atoms with E-state index in [0.717, 1.165) is 31.4 Å². The largest absolute Gasteiger partial charge is 0.416 e. The van der Waals surface area contributed by atoms with Crippen molar-refractivity contribution in [3.8, 4) is 0 Å². The van der Waals surface area contributed by atoms with Gasteiger partial charge in [0.25, 0.3) is 5.91 Å². The summed E-state index contributed by atoms with van der Waals surface area (Å²) in [6.45, 7) is 2.42. The standard InChI is InChI=1S/C19H24F3N3O2/c1-13-5-3-4-10-18(13)16(26)25(17(27)23-18)12-24(2)11-14-6-8-15(9-7-14)19(20,21)22/h6-9,13H,3-5,10-12H2,1-2H3,(H,23,27)/t13-,18+/m1/s1. The van der Waals surface area contributed by atoms with Crippen LogP contribution >= 0.6 is 0 Å². The Morgan fingerprint density at radius 1 is 1.22 bits per heavy atom. The topological polar surface area (TPSA) is 52.7 Å². The Morgan fingerprint density at radius 3 is 2.48 bits per heavy atom. The lowest BCUT2D eigenvalue weighted by molar-refractivity contribution is -0.138. The fourth-order valence-electron chi connectivity index (χ4n) is 4.03. The van der Waals surface area contributed by atoms with Crippen molar-refractivity contribution in [2.24, 2.45) is 5.92 Å². The Bertz CT molecular complexity index is 720. The van der Waals surface area contributed by atoms with Gasteiger partial charge in [0.15, 0.2) is 0 Å². The summed E-state index contributed by atoms with van der Waals surface area (Å²) in [6, 6.07) is 4.50. The number of hydrogen-bond donors (Lipinski definition) is 1. The molecule has 1 saturated carbocycles. The molecule has 0 unspecified atom stereocenters. The van der Waals surface area contributed by atoms with Gasteiger partial charge in [-0.05, 0) is 43.5 Å². The van der Waals surface area contributed by atoms with Gasteiger partial charge in [0.2, 0.25) is 0 Å². The van der Waals surface area contributed by atoms with E-state index in [1.807, 2.05) is 6.92 Å². The second kappa shape index (κ2) is 7.14. The van der Waals surface area contributed by atoms with Crippen molar-refractivity contribution in [2.45, 2.75) is 50.9 Å². The number of imide groups is 1. The third kappa shape index (κ3) is 3.81. The molecular formula is C19H24F3N3O2. The van der Waals surface area contributed by atoms with E-state index in [9.17, 15) is 22.8 Å². The van der Waals surface area contributed by atoms with Gasteiger partial charge in [0, 0.05) is 6.54 Å². The van der Waals surface area contributed by atoms with Gasteiger partial charge in [-0.2, -0.15) is 13.2 Å². The number of benzene rings is 1. The fourth-order valence-corrected chi connectivity index (χ4v) is 4.03. The van der Waals surface area contributed by atoms with Crippen LogP contribution < -0.4 is 5.32 Å². The van der Waals surface area contributed by atoms with Crippen molar-refractivity contribution in [3.05, 3.63) is 35.4 Å². The molecule has 0 radical (unpaired) electrons. The van der Waals surface area contributed by atoms with Crippen molar-refractivity contribution in [1.82, 2.24) is 15.1 Å². The molecule has 3 amide bonds. The van der Waals surface area contributed by atoms with E-state index in [2.05, 4.69) is 5.32 Å². The van der Waals surface area contributed by atoms with Crippen LogP contribution in [0.15, 0.2) is 24.3 Å². The highest BCUT2D eigenvalue weighted by Gasteiger charge is 2.54.